The SMILES string of the molecule is CC(=O)c1ccc(NC(=O)[C@H](C)OC(=O)[C@@H](Cc2ccccc2)n2cnnn2)cc1. The third kappa shape index (κ3) is 5.34. The third-order valence-corrected chi connectivity index (χ3v) is 4.45. The molecular formula is C21H21N5O4. The Morgan fingerprint density at radius 3 is 2.37 bits per heavy atom. The highest BCUT2D eigenvalue weighted by Gasteiger charge is 2.28. The van der Waals surface area contributed by atoms with Crippen molar-refractivity contribution in [3.63, 3.8) is 0 Å². The van der Waals surface area contributed by atoms with Crippen LogP contribution in [0, 0.1) is 0 Å². The fraction of sp³-hybridized carbons (Fsp3) is 0.238. The molecule has 9 heteroatoms. The summed E-state index contributed by atoms with van der Waals surface area (Å²) < 4.78 is 6.69. The maximum atomic E-state index is 12.8. The molecule has 9 nitrogen and oxygen atoms in total. The number of tetrazole rings is 1. The Balaban J connectivity index is 1.65. The van der Waals surface area contributed by atoms with Gasteiger partial charge in [0.15, 0.2) is 17.9 Å². The van der Waals surface area contributed by atoms with E-state index in [9.17, 15) is 14.4 Å². The number of Topliss-reactive ketones (excluding diaryl/α,β-unsaturated/α-hetero) is 1. The van der Waals surface area contributed by atoms with Crippen molar-refractivity contribution in [2.75, 3.05) is 5.32 Å². The van der Waals surface area contributed by atoms with Crippen molar-refractivity contribution in [2.45, 2.75) is 32.4 Å². The Morgan fingerprint density at radius 1 is 1.07 bits per heavy atom. The van der Waals surface area contributed by atoms with Crippen molar-refractivity contribution in [1.82, 2.24) is 20.2 Å². The molecule has 0 fully saturated rings. The molecule has 0 aliphatic carbocycles. The average Bonchev–Trinajstić information content (AvgIpc) is 3.27. The molecule has 0 saturated heterocycles. The second-order valence-electron chi connectivity index (χ2n) is 6.70. The van der Waals surface area contributed by atoms with Crippen LogP contribution in [0.3, 0.4) is 0 Å². The largest absolute Gasteiger partial charge is 0.451 e. The van der Waals surface area contributed by atoms with Gasteiger partial charge in [0.1, 0.15) is 6.33 Å². The van der Waals surface area contributed by atoms with Gasteiger partial charge >= 0.3 is 5.97 Å². The van der Waals surface area contributed by atoms with Crippen LogP contribution in [0.25, 0.3) is 0 Å². The smallest absolute Gasteiger partial charge is 0.332 e. The van der Waals surface area contributed by atoms with Crippen LogP contribution in [-0.2, 0) is 20.7 Å². The summed E-state index contributed by atoms with van der Waals surface area (Å²) in [7, 11) is 0. The predicted molar refractivity (Wildman–Crippen MR) is 108 cm³/mol. The first-order valence-electron chi connectivity index (χ1n) is 9.33. The van der Waals surface area contributed by atoms with Crippen LogP contribution < -0.4 is 5.32 Å². The second kappa shape index (κ2) is 9.55. The lowest BCUT2D eigenvalue weighted by Crippen LogP contribution is -2.34. The fourth-order valence-electron chi connectivity index (χ4n) is 2.77. The summed E-state index contributed by atoms with van der Waals surface area (Å²) in [6.07, 6.45) is 0.599. The number of hydrogen-bond donors (Lipinski definition) is 1. The van der Waals surface area contributed by atoms with Crippen molar-refractivity contribution >= 4 is 23.3 Å². The van der Waals surface area contributed by atoms with Gasteiger partial charge in [0.25, 0.3) is 5.91 Å². The zero-order valence-electron chi connectivity index (χ0n) is 16.6. The van der Waals surface area contributed by atoms with Crippen molar-refractivity contribution in [2.24, 2.45) is 0 Å². The minimum Gasteiger partial charge on any atom is -0.451 e. The highest BCUT2D eigenvalue weighted by Crippen LogP contribution is 2.17. The molecule has 2 atom stereocenters. The summed E-state index contributed by atoms with van der Waals surface area (Å²) in [6, 6.07) is 15.0. The van der Waals surface area contributed by atoms with Crippen LogP contribution in [0.1, 0.15) is 35.8 Å². The van der Waals surface area contributed by atoms with Crippen LogP contribution in [0.4, 0.5) is 5.69 Å². The Labute approximate surface area is 173 Å². The fourth-order valence-corrected chi connectivity index (χ4v) is 2.77. The Bertz CT molecular complexity index is 1000. The Morgan fingerprint density at radius 2 is 1.77 bits per heavy atom. The van der Waals surface area contributed by atoms with E-state index in [1.54, 1.807) is 24.3 Å². The minimum atomic E-state index is -1.04. The molecule has 3 aromatic rings. The van der Waals surface area contributed by atoms with E-state index in [1.807, 2.05) is 30.3 Å². The van der Waals surface area contributed by atoms with Gasteiger partial charge in [0, 0.05) is 17.7 Å². The van der Waals surface area contributed by atoms with Gasteiger partial charge in [-0.05, 0) is 54.1 Å². The lowest BCUT2D eigenvalue weighted by molar-refractivity contribution is -0.156. The van der Waals surface area contributed by atoms with Gasteiger partial charge in [-0.2, -0.15) is 0 Å². The molecule has 2 aromatic carbocycles. The lowest BCUT2D eigenvalue weighted by Gasteiger charge is -2.19. The number of hydrogen-bond acceptors (Lipinski definition) is 7. The number of ether oxygens (including phenoxy) is 1. The molecule has 1 aromatic heterocycles. The number of nitrogens with one attached hydrogen (secondary N) is 1. The van der Waals surface area contributed by atoms with Gasteiger partial charge in [-0.15, -0.1) is 5.10 Å². The molecule has 0 radical (unpaired) electrons. The van der Waals surface area contributed by atoms with Crippen LogP contribution in [0.2, 0.25) is 0 Å². The molecule has 1 N–H and O–H groups in total. The third-order valence-electron chi connectivity index (χ3n) is 4.45. The van der Waals surface area contributed by atoms with Crippen LogP contribution in [0.15, 0.2) is 60.9 Å². The number of ketones is 1. The lowest BCUT2D eigenvalue weighted by atomic mass is 10.1. The molecule has 30 heavy (non-hydrogen) atoms. The topological polar surface area (TPSA) is 116 Å². The van der Waals surface area contributed by atoms with Gasteiger partial charge in [-0.3, -0.25) is 9.59 Å². The van der Waals surface area contributed by atoms with E-state index in [4.69, 9.17) is 4.74 Å². The molecule has 0 spiro atoms. The number of rotatable bonds is 8. The van der Waals surface area contributed by atoms with E-state index in [1.165, 1.54) is 24.9 Å². The van der Waals surface area contributed by atoms with Crippen LogP contribution >= 0.6 is 0 Å². The van der Waals surface area contributed by atoms with E-state index in [2.05, 4.69) is 20.8 Å². The van der Waals surface area contributed by atoms with Crippen LogP contribution in [-0.4, -0.2) is 44.0 Å². The summed E-state index contributed by atoms with van der Waals surface area (Å²) in [5, 5.41) is 13.6. The van der Waals surface area contributed by atoms with Gasteiger partial charge < -0.3 is 10.1 Å². The summed E-state index contributed by atoms with van der Waals surface area (Å²) in [6.45, 7) is 2.95. The number of esters is 1. The molecule has 0 saturated carbocycles. The number of nitrogens with zero attached hydrogens (tertiary/aromatic N) is 4. The van der Waals surface area contributed by atoms with Crippen molar-refractivity contribution < 1.29 is 19.1 Å². The van der Waals surface area contributed by atoms with Crippen molar-refractivity contribution in [3.8, 4) is 0 Å². The second-order valence-corrected chi connectivity index (χ2v) is 6.70. The maximum absolute atomic E-state index is 12.8. The summed E-state index contributed by atoms with van der Waals surface area (Å²) in [5.41, 5.74) is 1.93. The molecule has 0 bridgehead atoms. The number of benzene rings is 2. The molecule has 0 aliphatic rings. The van der Waals surface area contributed by atoms with E-state index >= 15 is 0 Å². The van der Waals surface area contributed by atoms with Gasteiger partial charge in [0.2, 0.25) is 0 Å². The molecule has 1 heterocycles. The summed E-state index contributed by atoms with van der Waals surface area (Å²) in [4.78, 5) is 36.5. The van der Waals surface area contributed by atoms with Gasteiger partial charge in [-0.25, -0.2) is 9.48 Å². The summed E-state index contributed by atoms with van der Waals surface area (Å²) >= 11 is 0. The normalized spacial score (nSPS) is 12.6. The number of amides is 1. The number of carbonyl (C=O) groups excluding carboxylic acids is 3. The van der Waals surface area contributed by atoms with Crippen LogP contribution in [0.5, 0.6) is 0 Å². The molecule has 3 rings (SSSR count). The first-order valence-corrected chi connectivity index (χ1v) is 9.33. The van der Waals surface area contributed by atoms with E-state index in [0.29, 0.717) is 17.7 Å². The summed E-state index contributed by atoms with van der Waals surface area (Å²) in [5.74, 6) is -1.18. The molecule has 1 amide bonds. The van der Waals surface area contributed by atoms with Gasteiger partial charge in [-0.1, -0.05) is 30.3 Å². The molecule has 0 unspecified atom stereocenters. The standard InChI is InChI=1S/C21H21N5O4/c1-14(27)17-8-10-18(11-9-17)23-20(28)15(2)30-21(29)19(26-13-22-24-25-26)12-16-6-4-3-5-7-16/h3-11,13,15,19H,12H2,1-2H3,(H,23,28)/t15-,19+/m0/s1. The first kappa shape index (κ1) is 20.8. The van der Waals surface area contributed by atoms with Gasteiger partial charge in [0.05, 0.1) is 0 Å². The maximum Gasteiger partial charge on any atom is 0.332 e. The average molecular weight is 407 g/mol. The van der Waals surface area contributed by atoms with E-state index in [-0.39, 0.29) is 5.78 Å². The molecule has 154 valence electrons. The van der Waals surface area contributed by atoms with E-state index in [0.717, 1.165) is 5.56 Å². The Kier molecular flexibility index (Phi) is 6.63. The zero-order valence-corrected chi connectivity index (χ0v) is 16.6. The van der Waals surface area contributed by atoms with Crippen molar-refractivity contribution in [3.05, 3.63) is 72.1 Å². The monoisotopic (exact) mass is 407 g/mol. The minimum absolute atomic E-state index is 0.0674. The predicted octanol–water partition coefficient (Wildman–Crippen LogP) is 2.23. The van der Waals surface area contributed by atoms with E-state index < -0.39 is 24.0 Å². The number of carbonyl (C=O) groups is 3. The highest BCUT2D eigenvalue weighted by molar-refractivity contribution is 5.97. The number of anilines is 1. The molecule has 0 aliphatic heterocycles. The quantitative estimate of drug-likeness (QED) is 0.449. The highest BCUT2D eigenvalue weighted by atomic mass is 16.5. The molecular weight excluding hydrogens is 386 g/mol. The first-order chi connectivity index (χ1) is 14.4. The number of aromatic nitrogens is 4. The zero-order chi connectivity index (χ0) is 21.5. The van der Waals surface area contributed by atoms with Crippen molar-refractivity contribution in [1.29, 1.82) is 0 Å². The Hall–Kier alpha value is -3.88.